The predicted molar refractivity (Wildman–Crippen MR) is 54.0 cm³/mol. The van der Waals surface area contributed by atoms with Gasteiger partial charge in [0.05, 0.1) is 11.1 Å². The van der Waals surface area contributed by atoms with Crippen molar-refractivity contribution in [2.24, 2.45) is 35.5 Å². The summed E-state index contributed by atoms with van der Waals surface area (Å²) in [5.74, 6) is 4.41. The summed E-state index contributed by atoms with van der Waals surface area (Å²) in [5.41, 5.74) is 0.401. The molecule has 6 aliphatic rings. The molecule has 0 heterocycles. The molecule has 6 rings (SSSR count). The molecule has 4 nitrogen and oxygen atoms in total. The summed E-state index contributed by atoms with van der Waals surface area (Å²) >= 11 is 0. The van der Waals surface area contributed by atoms with E-state index in [1.54, 1.807) is 13.8 Å². The highest BCUT2D eigenvalue weighted by molar-refractivity contribution is 5.81. The van der Waals surface area contributed by atoms with Gasteiger partial charge in [0.15, 0.2) is 0 Å². The van der Waals surface area contributed by atoms with Crippen LogP contribution in [-0.2, 0) is 9.59 Å². The Morgan fingerprint density at radius 1 is 0.750 bits per heavy atom. The summed E-state index contributed by atoms with van der Waals surface area (Å²) in [5, 5.41) is 6.38. The van der Waals surface area contributed by atoms with Crippen molar-refractivity contribution in [2.45, 2.75) is 24.9 Å². The van der Waals surface area contributed by atoms with Gasteiger partial charge in [0.1, 0.15) is 0 Å². The fraction of sp³-hybridized carbons (Fsp3) is 0.833. The molecule has 0 radical (unpaired) electrons. The Labute approximate surface area is 93.1 Å². The highest BCUT2D eigenvalue weighted by Crippen LogP contribution is 3.03. The molecule has 84 valence electrons. The molecule has 2 amide bonds. The van der Waals surface area contributed by atoms with Crippen molar-refractivity contribution < 1.29 is 9.59 Å². The second-order valence-corrected chi connectivity index (χ2v) is 6.38. The van der Waals surface area contributed by atoms with Gasteiger partial charge in [0.2, 0.25) is 11.8 Å². The minimum Gasteiger partial charge on any atom is -0.350 e. The van der Waals surface area contributed by atoms with Gasteiger partial charge in [-0.15, -0.1) is 0 Å². The summed E-state index contributed by atoms with van der Waals surface area (Å²) in [6.07, 6.45) is 0. The molecule has 0 saturated heterocycles. The lowest BCUT2D eigenvalue weighted by Crippen LogP contribution is -3.19. The van der Waals surface area contributed by atoms with E-state index in [2.05, 4.69) is 10.6 Å². The molecule has 6 saturated carbocycles. The zero-order valence-electron chi connectivity index (χ0n) is 9.28. The van der Waals surface area contributed by atoms with Gasteiger partial charge >= 0.3 is 0 Å². The Morgan fingerprint density at radius 2 is 1.00 bits per heavy atom. The predicted octanol–water partition coefficient (Wildman–Crippen LogP) is -0.499. The Hall–Kier alpha value is -1.06. The van der Waals surface area contributed by atoms with Gasteiger partial charge < -0.3 is 10.6 Å². The van der Waals surface area contributed by atoms with Crippen molar-refractivity contribution in [3.8, 4) is 0 Å². The first-order valence-corrected chi connectivity index (χ1v) is 6.14. The fourth-order valence-corrected chi connectivity index (χ4v) is 6.64. The van der Waals surface area contributed by atoms with Crippen LogP contribution in [0.5, 0.6) is 0 Å². The van der Waals surface area contributed by atoms with Crippen LogP contribution in [0, 0.1) is 35.5 Å². The molecule has 0 aromatic carbocycles. The molecule has 0 atom stereocenters. The van der Waals surface area contributed by atoms with E-state index < -0.39 is 0 Å². The largest absolute Gasteiger partial charge is 0.350 e. The van der Waals surface area contributed by atoms with Gasteiger partial charge in [-0.2, -0.15) is 0 Å². The van der Waals surface area contributed by atoms with Crippen LogP contribution in [0.2, 0.25) is 0 Å². The van der Waals surface area contributed by atoms with Crippen molar-refractivity contribution in [1.82, 2.24) is 10.6 Å². The minimum atomic E-state index is 0.115. The SMILES string of the molecule is CC(=O)NC12C3C4C1C1C2C3C41NC(C)=O. The van der Waals surface area contributed by atoms with Gasteiger partial charge in [-0.25, -0.2) is 0 Å². The number of carbonyl (C=O) groups is 2. The van der Waals surface area contributed by atoms with Crippen molar-refractivity contribution in [3.63, 3.8) is 0 Å². The molecule has 0 bridgehead atoms. The summed E-state index contributed by atoms with van der Waals surface area (Å²) in [6, 6.07) is 0. The van der Waals surface area contributed by atoms with E-state index >= 15 is 0 Å². The van der Waals surface area contributed by atoms with E-state index in [4.69, 9.17) is 0 Å². The Bertz CT molecular complexity index is 386. The zero-order chi connectivity index (χ0) is 11.0. The zero-order valence-corrected chi connectivity index (χ0v) is 9.28. The number of carbonyl (C=O) groups excluding carboxylic acids is 2. The van der Waals surface area contributed by atoms with Crippen LogP contribution in [0.4, 0.5) is 0 Å². The summed E-state index contributed by atoms with van der Waals surface area (Å²) < 4.78 is 0. The highest BCUT2D eigenvalue weighted by atomic mass is 16.2. The molecule has 0 aromatic rings. The Balaban J connectivity index is 1.46. The van der Waals surface area contributed by atoms with E-state index in [1.807, 2.05) is 0 Å². The quantitative estimate of drug-likeness (QED) is 0.656. The van der Waals surface area contributed by atoms with Crippen molar-refractivity contribution in [2.75, 3.05) is 0 Å². The van der Waals surface area contributed by atoms with E-state index in [-0.39, 0.29) is 22.9 Å². The van der Waals surface area contributed by atoms with Crippen LogP contribution in [0.25, 0.3) is 0 Å². The molecular weight excluding hydrogens is 204 g/mol. The molecule has 0 unspecified atom stereocenters. The topological polar surface area (TPSA) is 58.2 Å². The monoisotopic (exact) mass is 218 g/mol. The van der Waals surface area contributed by atoms with Gasteiger partial charge in [0.25, 0.3) is 0 Å². The maximum Gasteiger partial charge on any atom is 0.217 e. The number of hydrogen-bond acceptors (Lipinski definition) is 2. The van der Waals surface area contributed by atoms with Gasteiger partial charge in [-0.1, -0.05) is 0 Å². The first-order chi connectivity index (χ1) is 7.57. The molecule has 16 heavy (non-hydrogen) atoms. The first kappa shape index (κ1) is 8.09. The van der Waals surface area contributed by atoms with Gasteiger partial charge in [0, 0.05) is 13.8 Å². The van der Waals surface area contributed by atoms with E-state index in [0.717, 1.165) is 0 Å². The fourth-order valence-electron chi connectivity index (χ4n) is 6.64. The lowest BCUT2D eigenvalue weighted by Gasteiger charge is -3.10. The number of rotatable bonds is 2. The van der Waals surface area contributed by atoms with Crippen molar-refractivity contribution in [3.05, 3.63) is 0 Å². The lowest BCUT2D eigenvalue weighted by molar-refractivity contribution is -0.589. The molecule has 6 aliphatic carbocycles. The maximum atomic E-state index is 11.2. The third-order valence-corrected chi connectivity index (χ3v) is 6.42. The molecule has 2 N–H and O–H groups in total. The molecule has 6 fully saturated rings. The summed E-state index contributed by atoms with van der Waals surface area (Å²) in [7, 11) is 0. The summed E-state index contributed by atoms with van der Waals surface area (Å²) in [6.45, 7) is 3.23. The molecule has 0 aromatic heterocycles. The lowest BCUT2D eigenvalue weighted by atomic mass is 8.96. The molecule has 0 aliphatic heterocycles. The van der Waals surface area contributed by atoms with Crippen molar-refractivity contribution >= 4 is 11.8 Å². The number of hydrogen-bond donors (Lipinski definition) is 2. The molecule has 0 spiro atoms. The third kappa shape index (κ3) is 0.388. The van der Waals surface area contributed by atoms with Crippen LogP contribution in [0.3, 0.4) is 0 Å². The van der Waals surface area contributed by atoms with Crippen LogP contribution in [0.15, 0.2) is 0 Å². The normalized spacial score (nSPS) is 68.4. The standard InChI is InChI=1S/C12H14N2O2/c1-3(15)13-11-5-8-6(11)10-7(11)9(5)12(8,10)14-4(2)16/h5-10H,1-2H3,(H,13,15)(H,14,16). The van der Waals surface area contributed by atoms with Gasteiger partial charge in [-0.3, -0.25) is 9.59 Å². The van der Waals surface area contributed by atoms with E-state index in [9.17, 15) is 9.59 Å². The molecule has 4 heteroatoms. The molecular formula is C12H14N2O2. The Morgan fingerprint density at radius 3 is 1.19 bits per heavy atom. The van der Waals surface area contributed by atoms with Crippen LogP contribution in [0.1, 0.15) is 13.8 Å². The summed E-state index contributed by atoms with van der Waals surface area (Å²) in [4.78, 5) is 22.4. The Kier molecular flexibility index (Phi) is 0.865. The van der Waals surface area contributed by atoms with Crippen molar-refractivity contribution in [1.29, 1.82) is 0 Å². The average Bonchev–Trinajstić information content (AvgIpc) is 2.21. The third-order valence-electron chi connectivity index (χ3n) is 6.42. The number of amides is 2. The van der Waals surface area contributed by atoms with Crippen LogP contribution >= 0.6 is 0 Å². The average molecular weight is 218 g/mol. The van der Waals surface area contributed by atoms with Crippen LogP contribution < -0.4 is 10.6 Å². The first-order valence-electron chi connectivity index (χ1n) is 6.14. The van der Waals surface area contributed by atoms with E-state index in [0.29, 0.717) is 35.5 Å². The second-order valence-electron chi connectivity index (χ2n) is 6.38. The highest BCUT2D eigenvalue weighted by Gasteiger charge is 3.10. The minimum absolute atomic E-state index is 0.115. The second kappa shape index (κ2) is 1.71. The van der Waals surface area contributed by atoms with E-state index in [1.165, 1.54) is 0 Å². The maximum absolute atomic E-state index is 11.2. The van der Waals surface area contributed by atoms with Gasteiger partial charge in [-0.05, 0) is 35.5 Å². The smallest absolute Gasteiger partial charge is 0.217 e. The van der Waals surface area contributed by atoms with Crippen LogP contribution in [-0.4, -0.2) is 22.9 Å². The number of nitrogens with one attached hydrogen (secondary N) is 2.